The Hall–Kier alpha value is -3.87. The Kier molecular flexibility index (Phi) is 7.34. The second-order valence-corrected chi connectivity index (χ2v) is 10.6. The maximum Gasteiger partial charge on any atom is 0.306 e. The Balaban J connectivity index is 1.56. The van der Waals surface area contributed by atoms with E-state index in [0.29, 0.717) is 61.8 Å². The van der Waals surface area contributed by atoms with Gasteiger partial charge in [-0.3, -0.25) is 4.79 Å². The quantitative estimate of drug-likeness (QED) is 0.243. The Bertz CT molecular complexity index is 1610. The number of aliphatic carboxylic acids is 1. The monoisotopic (exact) mass is 565 g/mol. The minimum atomic E-state index is -0.868. The molecule has 39 heavy (non-hydrogen) atoms. The van der Waals surface area contributed by atoms with Crippen LogP contribution in [-0.4, -0.2) is 42.8 Å². The summed E-state index contributed by atoms with van der Waals surface area (Å²) in [7, 11) is 0. The fourth-order valence-electron chi connectivity index (χ4n) is 4.10. The van der Waals surface area contributed by atoms with Crippen molar-refractivity contribution in [3.05, 3.63) is 63.9 Å². The van der Waals surface area contributed by atoms with E-state index in [1.165, 1.54) is 6.33 Å². The molecule has 1 aliphatic carbocycles. The Labute approximate surface area is 234 Å². The van der Waals surface area contributed by atoms with E-state index in [9.17, 15) is 10.1 Å². The lowest BCUT2D eigenvalue weighted by Gasteiger charge is -2.13. The number of nitriles is 1. The van der Waals surface area contributed by atoms with E-state index in [2.05, 4.69) is 16.0 Å². The normalized spacial score (nSPS) is 14.5. The van der Waals surface area contributed by atoms with Crippen molar-refractivity contribution in [1.29, 1.82) is 5.26 Å². The molecule has 1 atom stereocenters. The van der Waals surface area contributed by atoms with Crippen molar-refractivity contribution in [2.45, 2.75) is 45.3 Å². The van der Waals surface area contributed by atoms with Crippen molar-refractivity contribution >= 4 is 40.3 Å². The highest BCUT2D eigenvalue weighted by Crippen LogP contribution is 2.41. The Morgan fingerprint density at radius 2 is 2.03 bits per heavy atom. The number of ether oxygens (including phenoxy) is 2. The van der Waals surface area contributed by atoms with Gasteiger partial charge in [-0.15, -0.1) is 0 Å². The van der Waals surface area contributed by atoms with E-state index in [1.807, 2.05) is 17.6 Å². The van der Waals surface area contributed by atoms with Gasteiger partial charge >= 0.3 is 5.97 Å². The van der Waals surface area contributed by atoms with Crippen LogP contribution in [0.25, 0.3) is 22.6 Å². The number of aromatic nitrogens is 4. The summed E-state index contributed by atoms with van der Waals surface area (Å²) >= 11 is 13.0. The van der Waals surface area contributed by atoms with Crippen LogP contribution in [0.15, 0.2) is 42.7 Å². The van der Waals surface area contributed by atoms with Crippen LogP contribution in [0.5, 0.6) is 11.6 Å². The van der Waals surface area contributed by atoms with Crippen LogP contribution in [0, 0.1) is 17.2 Å². The third kappa shape index (κ3) is 5.63. The summed E-state index contributed by atoms with van der Waals surface area (Å²) in [4.78, 5) is 24.8. The Morgan fingerprint density at radius 3 is 2.72 bits per heavy atom. The summed E-state index contributed by atoms with van der Waals surface area (Å²) in [6.45, 7) is 4.15. The van der Waals surface area contributed by atoms with Crippen LogP contribution < -0.4 is 9.47 Å². The molecule has 2 heterocycles. The van der Waals surface area contributed by atoms with Crippen molar-refractivity contribution < 1.29 is 19.4 Å². The predicted octanol–water partition coefficient (Wildman–Crippen LogP) is 6.14. The van der Waals surface area contributed by atoms with Crippen molar-refractivity contribution in [1.82, 2.24) is 19.5 Å². The summed E-state index contributed by atoms with van der Waals surface area (Å²) < 4.78 is 13.8. The molecule has 0 bridgehead atoms. The molecule has 0 saturated heterocycles. The summed E-state index contributed by atoms with van der Waals surface area (Å²) in [6.07, 6.45) is 3.66. The number of carbonyl (C=O) groups is 1. The van der Waals surface area contributed by atoms with E-state index < -0.39 is 11.9 Å². The first-order valence-electron chi connectivity index (χ1n) is 12.4. The van der Waals surface area contributed by atoms with Gasteiger partial charge in [-0.25, -0.2) is 9.97 Å². The molecule has 2 aromatic carbocycles. The molecule has 0 radical (unpaired) electrons. The molecule has 11 heteroatoms. The molecule has 0 amide bonds. The van der Waals surface area contributed by atoms with Gasteiger partial charge in [0, 0.05) is 5.56 Å². The fraction of sp³-hybridized carbons (Fsp3) is 0.321. The number of carboxylic acids is 1. The topological polar surface area (TPSA) is 123 Å². The van der Waals surface area contributed by atoms with Gasteiger partial charge in [-0.1, -0.05) is 42.3 Å². The molecule has 200 valence electrons. The number of fused-ring (bicyclic) bond motifs is 1. The number of carboxylic acid groups (broad SMARTS) is 1. The molecule has 4 aromatic rings. The molecular weight excluding hydrogens is 541 g/mol. The number of hydrogen-bond donors (Lipinski definition) is 1. The van der Waals surface area contributed by atoms with E-state index in [4.69, 9.17) is 42.8 Å². The highest BCUT2D eigenvalue weighted by atomic mass is 35.5. The van der Waals surface area contributed by atoms with E-state index in [0.717, 1.165) is 12.8 Å². The van der Waals surface area contributed by atoms with Gasteiger partial charge in [0.05, 0.1) is 34.7 Å². The van der Waals surface area contributed by atoms with Gasteiger partial charge in [-0.05, 0) is 56.0 Å². The number of halogens is 2. The molecule has 1 unspecified atom stereocenters. The summed E-state index contributed by atoms with van der Waals surface area (Å²) in [5.74, 6) is 0.0228. The zero-order valence-corrected chi connectivity index (χ0v) is 22.8. The molecule has 0 spiro atoms. The summed E-state index contributed by atoms with van der Waals surface area (Å²) in [5.41, 5.74) is 2.42. The van der Waals surface area contributed by atoms with Crippen molar-refractivity contribution in [3.63, 3.8) is 0 Å². The zero-order chi connectivity index (χ0) is 27.7. The average molecular weight is 566 g/mol. The first-order valence-corrected chi connectivity index (χ1v) is 13.2. The van der Waals surface area contributed by atoms with Gasteiger partial charge < -0.3 is 19.1 Å². The lowest BCUT2D eigenvalue weighted by molar-refractivity contribution is -0.141. The van der Waals surface area contributed by atoms with Gasteiger partial charge in [0.15, 0.2) is 11.2 Å². The lowest BCUT2D eigenvalue weighted by Crippen LogP contribution is -2.13. The number of hydrogen-bond acceptors (Lipinski definition) is 7. The number of benzene rings is 2. The third-order valence-electron chi connectivity index (χ3n) is 6.76. The average Bonchev–Trinajstić information content (AvgIpc) is 3.52. The van der Waals surface area contributed by atoms with Gasteiger partial charge in [-0.2, -0.15) is 10.2 Å². The third-order valence-corrected chi connectivity index (χ3v) is 7.39. The second-order valence-electron chi connectivity index (χ2n) is 9.83. The van der Waals surface area contributed by atoms with Crippen LogP contribution >= 0.6 is 23.2 Å². The zero-order valence-electron chi connectivity index (χ0n) is 21.3. The molecule has 1 N–H and O–H groups in total. The smallest absolute Gasteiger partial charge is 0.306 e. The molecule has 0 aliphatic heterocycles. The maximum absolute atomic E-state index is 11.1. The van der Waals surface area contributed by atoms with Crippen LogP contribution in [-0.2, 0) is 11.3 Å². The molecule has 1 fully saturated rings. The SMILES string of the molecule is CC(CCOc1ccc(-c2nc3c(OC4(C)CC4)ncnc3n2Cc2cccc(Cl)c2C#N)c(Cl)c1)C(=O)O. The number of rotatable bonds is 10. The van der Waals surface area contributed by atoms with Crippen molar-refractivity contribution in [3.8, 4) is 29.1 Å². The van der Waals surface area contributed by atoms with Crippen LogP contribution in [0.4, 0.5) is 0 Å². The highest BCUT2D eigenvalue weighted by molar-refractivity contribution is 6.33. The molecule has 9 nitrogen and oxygen atoms in total. The van der Waals surface area contributed by atoms with Crippen molar-refractivity contribution in [2.24, 2.45) is 5.92 Å². The fourth-order valence-corrected chi connectivity index (χ4v) is 4.59. The predicted molar refractivity (Wildman–Crippen MR) is 146 cm³/mol. The molecule has 1 saturated carbocycles. The summed E-state index contributed by atoms with van der Waals surface area (Å²) in [6, 6.07) is 12.7. The Morgan fingerprint density at radius 1 is 1.23 bits per heavy atom. The van der Waals surface area contributed by atoms with Gasteiger partial charge in [0.25, 0.3) is 0 Å². The highest BCUT2D eigenvalue weighted by Gasteiger charge is 2.41. The first kappa shape index (κ1) is 26.7. The molecule has 2 aromatic heterocycles. The second kappa shape index (κ2) is 10.7. The van der Waals surface area contributed by atoms with Crippen LogP contribution in [0.1, 0.15) is 44.2 Å². The minimum Gasteiger partial charge on any atom is -0.494 e. The molecule has 1 aliphatic rings. The van der Waals surface area contributed by atoms with Crippen LogP contribution in [0.2, 0.25) is 10.0 Å². The standard InChI is InChI=1S/C28H25Cl2N5O4/c1-16(27(36)37)8-11-38-18-6-7-19(22(30)12-18)24-34-23-25(32-15-33-26(23)39-28(2)9-10-28)35(24)14-17-4-3-5-21(29)20(17)13-31/h3-7,12,15-16H,8-11,14H2,1-2H3,(H,36,37). The molecular formula is C28H25Cl2N5O4. The number of nitrogens with zero attached hydrogens (tertiary/aromatic N) is 5. The maximum atomic E-state index is 11.1. The first-order chi connectivity index (χ1) is 18.7. The lowest BCUT2D eigenvalue weighted by atomic mass is 10.1. The van der Waals surface area contributed by atoms with Gasteiger partial charge in [0.2, 0.25) is 5.88 Å². The summed E-state index contributed by atoms with van der Waals surface area (Å²) in [5, 5.41) is 19.6. The van der Waals surface area contributed by atoms with Gasteiger partial charge in [0.1, 0.15) is 29.6 Å². The van der Waals surface area contributed by atoms with Crippen molar-refractivity contribution in [2.75, 3.05) is 6.61 Å². The van der Waals surface area contributed by atoms with Crippen LogP contribution in [0.3, 0.4) is 0 Å². The van der Waals surface area contributed by atoms with E-state index in [1.54, 1.807) is 37.3 Å². The molecule has 5 rings (SSSR count). The largest absolute Gasteiger partial charge is 0.494 e. The van der Waals surface area contributed by atoms with E-state index in [-0.39, 0.29) is 18.8 Å². The number of imidazole rings is 1. The minimum absolute atomic E-state index is 0.239. The van der Waals surface area contributed by atoms with E-state index >= 15 is 0 Å².